The van der Waals surface area contributed by atoms with Crippen molar-refractivity contribution in [3.05, 3.63) is 29.8 Å². The monoisotopic (exact) mass is 240 g/mol. The van der Waals surface area contributed by atoms with E-state index in [0.29, 0.717) is 0 Å². The topological polar surface area (TPSA) is 9.23 Å². The summed E-state index contributed by atoms with van der Waals surface area (Å²) in [5, 5.41) is 0. The van der Waals surface area contributed by atoms with E-state index < -0.39 is 0 Å². The molecule has 1 aromatic rings. The highest BCUT2D eigenvalue weighted by Crippen LogP contribution is 2.21. The fourth-order valence-electron chi connectivity index (χ4n) is 1.88. The molecule has 0 fully saturated rings. The second-order valence-corrected chi connectivity index (χ2v) is 4.36. The van der Waals surface area contributed by atoms with Crippen molar-refractivity contribution in [1.29, 1.82) is 0 Å². The molecule has 0 N–H and O–H groups in total. The molecular weight excluding hydrogens is 220 g/mol. The van der Waals surface area contributed by atoms with E-state index in [1.165, 1.54) is 44.1 Å². The molecule has 0 heterocycles. The van der Waals surface area contributed by atoms with Crippen molar-refractivity contribution in [3.63, 3.8) is 0 Å². The maximum Gasteiger partial charge on any atom is 0.149 e. The van der Waals surface area contributed by atoms with Crippen LogP contribution in [0.15, 0.2) is 24.3 Å². The quantitative estimate of drug-likeness (QED) is 0.573. The van der Waals surface area contributed by atoms with Gasteiger partial charge >= 0.3 is 0 Å². The summed E-state index contributed by atoms with van der Waals surface area (Å²) in [6.45, 7) is 2.24. The highest BCUT2D eigenvalue weighted by Gasteiger charge is 2.01. The predicted octanol–water partition coefficient (Wildman–Crippen LogP) is 5.12. The SMILES string of the molecule is CCCCCCCCc1ccccc1OCl. The molecule has 0 radical (unpaired) electrons. The van der Waals surface area contributed by atoms with Gasteiger partial charge in [0.05, 0.1) is 0 Å². The number of aryl methyl sites for hydroxylation is 1. The second kappa shape index (κ2) is 8.46. The van der Waals surface area contributed by atoms with Gasteiger partial charge in [-0.2, -0.15) is 0 Å². The molecule has 0 amide bonds. The zero-order chi connectivity index (χ0) is 11.6. The van der Waals surface area contributed by atoms with E-state index in [4.69, 9.17) is 16.2 Å². The Balaban J connectivity index is 2.21. The third-order valence-electron chi connectivity index (χ3n) is 2.86. The Morgan fingerprint density at radius 3 is 2.44 bits per heavy atom. The Bertz CT molecular complexity index is 286. The Kier molecular flexibility index (Phi) is 7.07. The molecule has 0 aliphatic carbocycles. The predicted molar refractivity (Wildman–Crippen MR) is 70.0 cm³/mol. The van der Waals surface area contributed by atoms with Crippen LogP contribution in [0.5, 0.6) is 5.75 Å². The molecule has 0 aliphatic rings. The van der Waals surface area contributed by atoms with E-state index in [9.17, 15) is 0 Å². The number of halogens is 1. The van der Waals surface area contributed by atoms with Gasteiger partial charge in [-0.1, -0.05) is 57.2 Å². The Hall–Kier alpha value is -0.690. The lowest BCUT2D eigenvalue weighted by Gasteiger charge is -2.05. The molecule has 16 heavy (non-hydrogen) atoms. The second-order valence-electron chi connectivity index (χ2n) is 4.20. The van der Waals surface area contributed by atoms with Gasteiger partial charge in [-0.05, 0) is 24.5 Å². The van der Waals surface area contributed by atoms with E-state index in [-0.39, 0.29) is 0 Å². The zero-order valence-corrected chi connectivity index (χ0v) is 10.8. The van der Waals surface area contributed by atoms with Crippen LogP contribution in [0.2, 0.25) is 0 Å². The molecule has 1 aromatic carbocycles. The highest BCUT2D eigenvalue weighted by atomic mass is 35.5. The van der Waals surface area contributed by atoms with Crippen LogP contribution >= 0.6 is 11.9 Å². The van der Waals surface area contributed by atoms with Crippen LogP contribution in [0.25, 0.3) is 0 Å². The van der Waals surface area contributed by atoms with Crippen LogP contribution in [0.4, 0.5) is 0 Å². The summed E-state index contributed by atoms with van der Waals surface area (Å²) in [7, 11) is 0. The molecule has 0 saturated heterocycles. The van der Waals surface area contributed by atoms with E-state index in [0.717, 1.165) is 12.2 Å². The van der Waals surface area contributed by atoms with Crippen molar-refractivity contribution in [3.8, 4) is 5.75 Å². The van der Waals surface area contributed by atoms with Crippen LogP contribution in [0, 0.1) is 0 Å². The molecule has 0 spiro atoms. The first kappa shape index (κ1) is 13.4. The molecule has 0 unspecified atom stereocenters. The summed E-state index contributed by atoms with van der Waals surface area (Å²) >= 11 is 5.41. The number of hydrogen-bond donors (Lipinski definition) is 0. The van der Waals surface area contributed by atoms with E-state index in [2.05, 4.69) is 13.0 Å². The standard InChI is InChI=1S/C14H21ClO/c1-2-3-4-5-6-7-10-13-11-8-9-12-14(13)16-15/h8-9,11-12H,2-7,10H2,1H3. The molecule has 1 rings (SSSR count). The van der Waals surface area contributed by atoms with Crippen molar-refractivity contribution in [2.24, 2.45) is 0 Å². The molecule has 0 bridgehead atoms. The maximum atomic E-state index is 5.41. The summed E-state index contributed by atoms with van der Waals surface area (Å²) in [5.74, 6) is 0.803. The van der Waals surface area contributed by atoms with Crippen LogP contribution in [0.1, 0.15) is 51.0 Å². The van der Waals surface area contributed by atoms with E-state index in [1.54, 1.807) is 0 Å². The van der Waals surface area contributed by atoms with E-state index in [1.807, 2.05) is 18.2 Å². The van der Waals surface area contributed by atoms with Crippen molar-refractivity contribution in [1.82, 2.24) is 0 Å². The Morgan fingerprint density at radius 1 is 1.00 bits per heavy atom. The third-order valence-corrected chi connectivity index (χ3v) is 3.02. The smallest absolute Gasteiger partial charge is 0.149 e. The van der Waals surface area contributed by atoms with Gasteiger partial charge in [-0.25, -0.2) is 0 Å². The van der Waals surface area contributed by atoms with Crippen molar-refractivity contribution in [2.75, 3.05) is 0 Å². The summed E-state index contributed by atoms with van der Waals surface area (Å²) < 4.78 is 4.81. The van der Waals surface area contributed by atoms with Crippen molar-refractivity contribution < 1.29 is 4.29 Å². The largest absolute Gasteiger partial charge is 0.385 e. The lowest BCUT2D eigenvalue weighted by atomic mass is 10.0. The molecule has 90 valence electrons. The number of benzene rings is 1. The minimum absolute atomic E-state index is 0.803. The van der Waals surface area contributed by atoms with Gasteiger partial charge in [0, 0.05) is 0 Å². The van der Waals surface area contributed by atoms with Gasteiger partial charge < -0.3 is 4.29 Å². The van der Waals surface area contributed by atoms with Gasteiger partial charge in [-0.15, -0.1) is 0 Å². The fraction of sp³-hybridized carbons (Fsp3) is 0.571. The summed E-state index contributed by atoms with van der Waals surface area (Å²) in [6, 6.07) is 7.98. The normalized spacial score (nSPS) is 10.4. The first-order valence-corrected chi connectivity index (χ1v) is 6.56. The van der Waals surface area contributed by atoms with Gasteiger partial charge in [-0.3, -0.25) is 0 Å². The summed E-state index contributed by atoms with van der Waals surface area (Å²) in [4.78, 5) is 0. The fourth-order valence-corrected chi connectivity index (χ4v) is 2.03. The summed E-state index contributed by atoms with van der Waals surface area (Å²) in [5.41, 5.74) is 1.22. The lowest BCUT2D eigenvalue weighted by molar-refractivity contribution is 0.585. The molecule has 1 nitrogen and oxygen atoms in total. The zero-order valence-electron chi connectivity index (χ0n) is 10.0. The number of rotatable bonds is 8. The Morgan fingerprint density at radius 2 is 1.69 bits per heavy atom. The minimum atomic E-state index is 0.803. The molecule has 0 aromatic heterocycles. The van der Waals surface area contributed by atoms with Crippen LogP contribution in [0.3, 0.4) is 0 Å². The van der Waals surface area contributed by atoms with Gasteiger partial charge in [0.2, 0.25) is 0 Å². The number of unbranched alkanes of at least 4 members (excludes halogenated alkanes) is 5. The van der Waals surface area contributed by atoms with E-state index >= 15 is 0 Å². The van der Waals surface area contributed by atoms with Crippen LogP contribution < -0.4 is 4.29 Å². The molecule has 2 heteroatoms. The van der Waals surface area contributed by atoms with Gasteiger partial charge in [0.25, 0.3) is 0 Å². The van der Waals surface area contributed by atoms with Crippen LogP contribution in [-0.2, 0) is 6.42 Å². The number of hydrogen-bond acceptors (Lipinski definition) is 1. The van der Waals surface area contributed by atoms with Crippen molar-refractivity contribution >= 4 is 11.9 Å². The van der Waals surface area contributed by atoms with Gasteiger partial charge in [0.15, 0.2) is 0 Å². The Labute approximate surface area is 104 Å². The van der Waals surface area contributed by atoms with Crippen LogP contribution in [-0.4, -0.2) is 0 Å². The third kappa shape index (κ3) is 4.89. The average Bonchev–Trinajstić information content (AvgIpc) is 2.34. The molecule has 0 atom stereocenters. The first-order chi connectivity index (χ1) is 7.88. The lowest BCUT2D eigenvalue weighted by Crippen LogP contribution is -1.89. The number of para-hydroxylation sites is 1. The van der Waals surface area contributed by atoms with Crippen molar-refractivity contribution in [2.45, 2.75) is 51.9 Å². The molecule has 0 aliphatic heterocycles. The first-order valence-electron chi connectivity index (χ1n) is 6.25. The highest BCUT2D eigenvalue weighted by molar-refractivity contribution is 6.09. The van der Waals surface area contributed by atoms with Gasteiger partial charge in [0.1, 0.15) is 17.6 Å². The average molecular weight is 241 g/mol. The summed E-state index contributed by atoms with van der Waals surface area (Å²) in [6.07, 6.45) is 8.97. The minimum Gasteiger partial charge on any atom is -0.385 e. The molecular formula is C14H21ClO. The molecule has 0 saturated carbocycles. The maximum absolute atomic E-state index is 5.41.